The minimum atomic E-state index is -0.332. The second-order valence-corrected chi connectivity index (χ2v) is 6.40. The van der Waals surface area contributed by atoms with Gasteiger partial charge in [0, 0.05) is 11.0 Å². The van der Waals surface area contributed by atoms with Crippen LogP contribution < -0.4 is 10.1 Å². The number of hydrogen-bond donors (Lipinski definition) is 2. The van der Waals surface area contributed by atoms with Crippen LogP contribution in [0.5, 0.6) is 5.75 Å². The summed E-state index contributed by atoms with van der Waals surface area (Å²) in [6.07, 6.45) is -0.332. The Balaban J connectivity index is 2.09. The van der Waals surface area contributed by atoms with Crippen molar-refractivity contribution < 1.29 is 19.4 Å². The molecule has 0 aliphatic rings. The van der Waals surface area contributed by atoms with Gasteiger partial charge in [-0.2, -0.15) is 0 Å². The third kappa shape index (κ3) is 5.56. The molecule has 0 unspecified atom stereocenters. The van der Waals surface area contributed by atoms with Crippen LogP contribution in [-0.4, -0.2) is 37.9 Å². The molecule has 0 spiro atoms. The molecule has 0 fully saturated rings. The maximum atomic E-state index is 12.5. The quantitative estimate of drug-likeness (QED) is 0.704. The minimum absolute atomic E-state index is 0.0717. The fraction of sp³-hybridized carbons (Fsp3) is 0.316. The Morgan fingerprint density at radius 2 is 1.96 bits per heavy atom. The number of benzene rings is 2. The number of hydrogen-bond acceptors (Lipinski definition) is 4. The lowest BCUT2D eigenvalue weighted by molar-refractivity contribution is 0.0277. The summed E-state index contributed by atoms with van der Waals surface area (Å²) in [6.45, 7) is 2.44. The molecule has 2 N–H and O–H groups in total. The number of aliphatic hydroxyl groups is 1. The molecule has 0 saturated carbocycles. The first-order chi connectivity index (χ1) is 12.0. The second-order valence-electron chi connectivity index (χ2n) is 5.55. The smallest absolute Gasteiger partial charge is 0.252 e. The fourth-order valence-corrected chi connectivity index (χ4v) is 2.76. The van der Waals surface area contributed by atoms with Crippen LogP contribution in [0.15, 0.2) is 46.9 Å². The standard InChI is InChI=1S/C19H22BrNO4/c1-13-3-5-14(6-4-13)18(25-10-9-22)12-21-19(23)16-11-15(24-2)7-8-17(16)20/h3-8,11,18,22H,9-10,12H2,1-2H3,(H,21,23)/t18-/m0/s1. The zero-order chi connectivity index (χ0) is 18.2. The van der Waals surface area contributed by atoms with Gasteiger partial charge in [-0.1, -0.05) is 29.8 Å². The molecule has 6 heteroatoms. The van der Waals surface area contributed by atoms with Gasteiger partial charge >= 0.3 is 0 Å². The number of halogens is 1. The van der Waals surface area contributed by atoms with Crippen molar-refractivity contribution in [2.75, 3.05) is 26.9 Å². The lowest BCUT2D eigenvalue weighted by Gasteiger charge is -2.19. The minimum Gasteiger partial charge on any atom is -0.497 e. The summed E-state index contributed by atoms with van der Waals surface area (Å²) >= 11 is 3.38. The fourth-order valence-electron chi connectivity index (χ4n) is 2.34. The van der Waals surface area contributed by atoms with Crippen molar-refractivity contribution in [3.05, 3.63) is 63.6 Å². The monoisotopic (exact) mass is 407 g/mol. The predicted molar refractivity (Wildman–Crippen MR) is 100.0 cm³/mol. The zero-order valence-corrected chi connectivity index (χ0v) is 15.9. The van der Waals surface area contributed by atoms with E-state index in [0.717, 1.165) is 11.1 Å². The highest BCUT2D eigenvalue weighted by atomic mass is 79.9. The number of ether oxygens (including phenoxy) is 2. The number of carbonyl (C=O) groups excluding carboxylic acids is 1. The van der Waals surface area contributed by atoms with Crippen molar-refractivity contribution in [1.29, 1.82) is 0 Å². The molecule has 134 valence electrons. The van der Waals surface area contributed by atoms with Gasteiger partial charge in [0.25, 0.3) is 5.91 Å². The number of methoxy groups -OCH3 is 1. The molecule has 0 aliphatic heterocycles. The van der Waals surface area contributed by atoms with Gasteiger partial charge < -0.3 is 19.9 Å². The van der Waals surface area contributed by atoms with Crippen molar-refractivity contribution in [3.8, 4) is 5.75 Å². The van der Waals surface area contributed by atoms with Crippen LogP contribution in [0.25, 0.3) is 0 Å². The number of amides is 1. The van der Waals surface area contributed by atoms with Crippen molar-refractivity contribution in [3.63, 3.8) is 0 Å². The molecule has 0 saturated heterocycles. The lowest BCUT2D eigenvalue weighted by atomic mass is 10.1. The number of aliphatic hydroxyl groups excluding tert-OH is 1. The van der Waals surface area contributed by atoms with E-state index in [1.807, 2.05) is 31.2 Å². The molecule has 25 heavy (non-hydrogen) atoms. The van der Waals surface area contributed by atoms with E-state index in [9.17, 15) is 4.79 Å². The van der Waals surface area contributed by atoms with Crippen molar-refractivity contribution in [2.45, 2.75) is 13.0 Å². The average Bonchev–Trinajstić information content (AvgIpc) is 2.63. The van der Waals surface area contributed by atoms with E-state index in [1.54, 1.807) is 25.3 Å². The van der Waals surface area contributed by atoms with Gasteiger partial charge in [0.05, 0.1) is 32.0 Å². The molecule has 2 rings (SSSR count). The first-order valence-electron chi connectivity index (χ1n) is 7.96. The van der Waals surface area contributed by atoms with E-state index in [4.69, 9.17) is 14.6 Å². The van der Waals surface area contributed by atoms with Crippen molar-refractivity contribution in [1.82, 2.24) is 5.32 Å². The molecular formula is C19H22BrNO4. The van der Waals surface area contributed by atoms with E-state index < -0.39 is 0 Å². The summed E-state index contributed by atoms with van der Waals surface area (Å²) in [4.78, 5) is 12.5. The molecule has 1 atom stereocenters. The van der Waals surface area contributed by atoms with Crippen LogP contribution in [0.3, 0.4) is 0 Å². The molecule has 2 aromatic rings. The van der Waals surface area contributed by atoms with Crippen molar-refractivity contribution >= 4 is 21.8 Å². The summed E-state index contributed by atoms with van der Waals surface area (Å²) in [7, 11) is 1.56. The number of nitrogens with one attached hydrogen (secondary N) is 1. The summed E-state index contributed by atoms with van der Waals surface area (Å²) in [5.74, 6) is 0.385. The van der Waals surface area contributed by atoms with E-state index in [2.05, 4.69) is 21.2 Å². The highest BCUT2D eigenvalue weighted by molar-refractivity contribution is 9.10. The molecule has 0 aromatic heterocycles. The van der Waals surface area contributed by atoms with Gasteiger partial charge in [-0.3, -0.25) is 4.79 Å². The van der Waals surface area contributed by atoms with Crippen LogP contribution in [0.1, 0.15) is 27.6 Å². The maximum absolute atomic E-state index is 12.5. The van der Waals surface area contributed by atoms with Crippen molar-refractivity contribution in [2.24, 2.45) is 0 Å². The molecule has 1 amide bonds. The van der Waals surface area contributed by atoms with Crippen LogP contribution in [0.2, 0.25) is 0 Å². The predicted octanol–water partition coefficient (Wildman–Crippen LogP) is 3.25. The van der Waals surface area contributed by atoms with E-state index >= 15 is 0 Å². The highest BCUT2D eigenvalue weighted by Gasteiger charge is 2.16. The number of carbonyl (C=O) groups is 1. The number of rotatable bonds is 8. The number of aryl methyl sites for hydroxylation is 1. The van der Waals surface area contributed by atoms with Gasteiger partial charge in [0.15, 0.2) is 0 Å². The highest BCUT2D eigenvalue weighted by Crippen LogP contribution is 2.23. The SMILES string of the molecule is COc1ccc(Br)c(C(=O)NC[C@H](OCCO)c2ccc(C)cc2)c1. The van der Waals surface area contributed by atoms with Gasteiger partial charge in [-0.05, 0) is 46.6 Å². The third-order valence-electron chi connectivity index (χ3n) is 3.73. The molecule has 5 nitrogen and oxygen atoms in total. The van der Waals surface area contributed by atoms with Crippen LogP contribution in [0.4, 0.5) is 0 Å². The average molecular weight is 408 g/mol. The normalized spacial score (nSPS) is 11.8. The van der Waals surface area contributed by atoms with Crippen LogP contribution in [0, 0.1) is 6.92 Å². The van der Waals surface area contributed by atoms with E-state index in [-0.39, 0.29) is 25.2 Å². The molecule has 0 aliphatic carbocycles. The van der Waals surface area contributed by atoms with Gasteiger partial charge in [0.1, 0.15) is 5.75 Å². The largest absolute Gasteiger partial charge is 0.497 e. The Kier molecular flexibility index (Phi) is 7.43. The van der Waals surface area contributed by atoms with Gasteiger partial charge in [-0.15, -0.1) is 0 Å². The Morgan fingerprint density at radius 3 is 2.60 bits per heavy atom. The first-order valence-corrected chi connectivity index (χ1v) is 8.75. The molecule has 0 heterocycles. The van der Waals surface area contributed by atoms with Gasteiger partial charge in [-0.25, -0.2) is 0 Å². The third-order valence-corrected chi connectivity index (χ3v) is 4.42. The Bertz CT molecular complexity index is 703. The second kappa shape index (κ2) is 9.56. The summed E-state index contributed by atoms with van der Waals surface area (Å²) in [6, 6.07) is 13.1. The van der Waals surface area contributed by atoms with Crippen LogP contribution >= 0.6 is 15.9 Å². The molecule has 0 radical (unpaired) electrons. The summed E-state index contributed by atoms with van der Waals surface area (Å²) in [5, 5.41) is 11.9. The molecule has 2 aromatic carbocycles. The van der Waals surface area contributed by atoms with E-state index in [1.165, 1.54) is 0 Å². The first kappa shape index (κ1) is 19.4. The zero-order valence-electron chi connectivity index (χ0n) is 14.3. The Labute approximate surface area is 156 Å². The van der Waals surface area contributed by atoms with Gasteiger partial charge in [0.2, 0.25) is 0 Å². The molecular weight excluding hydrogens is 386 g/mol. The summed E-state index contributed by atoms with van der Waals surface area (Å²) in [5.41, 5.74) is 2.59. The Morgan fingerprint density at radius 1 is 1.24 bits per heavy atom. The van der Waals surface area contributed by atoms with Crippen LogP contribution in [-0.2, 0) is 4.74 Å². The topological polar surface area (TPSA) is 67.8 Å². The molecule has 0 bridgehead atoms. The van der Waals surface area contributed by atoms with E-state index in [0.29, 0.717) is 22.3 Å². The summed E-state index contributed by atoms with van der Waals surface area (Å²) < 4.78 is 11.5. The lowest BCUT2D eigenvalue weighted by Crippen LogP contribution is -2.30. The Hall–Kier alpha value is -1.89. The maximum Gasteiger partial charge on any atom is 0.252 e.